The highest BCUT2D eigenvalue weighted by atomic mass is 35.5. The van der Waals surface area contributed by atoms with Crippen LogP contribution in [0, 0.1) is 0 Å². The topological polar surface area (TPSA) is 53.6 Å². The highest BCUT2D eigenvalue weighted by Gasteiger charge is 2.16. The molecule has 0 amide bonds. The summed E-state index contributed by atoms with van der Waals surface area (Å²) in [6.45, 7) is 2.96. The summed E-state index contributed by atoms with van der Waals surface area (Å²) in [5, 5.41) is 10.0. The van der Waals surface area contributed by atoms with Crippen molar-refractivity contribution in [3.8, 4) is 0 Å². The Labute approximate surface area is 113 Å². The van der Waals surface area contributed by atoms with Crippen LogP contribution in [0.4, 0.5) is 0 Å². The Bertz CT molecular complexity index is 423. The van der Waals surface area contributed by atoms with Crippen LogP contribution in [0.3, 0.4) is 0 Å². The van der Waals surface area contributed by atoms with Gasteiger partial charge in [-0.2, -0.15) is 5.10 Å². The molecule has 2 rings (SSSR count). The Morgan fingerprint density at radius 1 is 1.56 bits per heavy atom. The molecule has 0 bridgehead atoms. The monoisotopic (exact) mass is 266 g/mol. The van der Waals surface area contributed by atoms with Crippen molar-refractivity contribution in [2.24, 2.45) is 10.8 Å². The molecule has 0 saturated carbocycles. The van der Waals surface area contributed by atoms with E-state index in [-0.39, 0.29) is 6.04 Å². The number of nitrogens with zero attached hydrogens (tertiary/aromatic N) is 2. The zero-order valence-electron chi connectivity index (χ0n) is 10.6. The SMILES string of the molecule is CCCC(N)C1=NN2C=C(Cl)NCCC=C2C=C1. The molecule has 2 aliphatic rings. The molecule has 0 saturated heterocycles. The maximum Gasteiger partial charge on any atom is 0.120 e. The van der Waals surface area contributed by atoms with Gasteiger partial charge in [-0.3, -0.25) is 0 Å². The third-order valence-corrected chi connectivity index (χ3v) is 3.15. The van der Waals surface area contributed by atoms with E-state index in [9.17, 15) is 0 Å². The molecule has 0 spiro atoms. The van der Waals surface area contributed by atoms with Crippen molar-refractivity contribution in [1.82, 2.24) is 10.3 Å². The zero-order valence-corrected chi connectivity index (χ0v) is 11.3. The molecule has 2 aliphatic heterocycles. The van der Waals surface area contributed by atoms with Crippen LogP contribution < -0.4 is 11.1 Å². The van der Waals surface area contributed by atoms with E-state index in [2.05, 4.69) is 23.4 Å². The van der Waals surface area contributed by atoms with Crippen molar-refractivity contribution in [2.75, 3.05) is 6.54 Å². The molecular weight excluding hydrogens is 248 g/mol. The average molecular weight is 267 g/mol. The summed E-state index contributed by atoms with van der Waals surface area (Å²) < 4.78 is 0. The van der Waals surface area contributed by atoms with Crippen LogP contribution in [-0.4, -0.2) is 23.3 Å². The van der Waals surface area contributed by atoms with Crippen molar-refractivity contribution in [2.45, 2.75) is 32.2 Å². The predicted molar refractivity (Wildman–Crippen MR) is 75.9 cm³/mol. The predicted octanol–water partition coefficient (Wildman–Crippen LogP) is 2.26. The first-order valence-electron chi connectivity index (χ1n) is 6.33. The Morgan fingerprint density at radius 2 is 2.39 bits per heavy atom. The average Bonchev–Trinajstić information content (AvgIpc) is 2.33. The van der Waals surface area contributed by atoms with E-state index in [4.69, 9.17) is 17.3 Å². The first kappa shape index (κ1) is 13.2. The van der Waals surface area contributed by atoms with Crippen LogP contribution in [0.25, 0.3) is 0 Å². The first-order valence-corrected chi connectivity index (χ1v) is 6.71. The molecule has 0 aromatic heterocycles. The summed E-state index contributed by atoms with van der Waals surface area (Å²) in [6, 6.07) is -0.0154. The van der Waals surface area contributed by atoms with Gasteiger partial charge in [0.2, 0.25) is 0 Å². The molecule has 0 radical (unpaired) electrons. The van der Waals surface area contributed by atoms with E-state index in [1.54, 1.807) is 11.2 Å². The lowest BCUT2D eigenvalue weighted by Gasteiger charge is -2.25. The van der Waals surface area contributed by atoms with Crippen LogP contribution in [-0.2, 0) is 0 Å². The quantitative estimate of drug-likeness (QED) is 0.771. The molecule has 18 heavy (non-hydrogen) atoms. The highest BCUT2D eigenvalue weighted by molar-refractivity contribution is 6.29. The molecule has 98 valence electrons. The van der Waals surface area contributed by atoms with Gasteiger partial charge in [-0.1, -0.05) is 31.0 Å². The van der Waals surface area contributed by atoms with Crippen molar-refractivity contribution in [3.05, 3.63) is 35.3 Å². The first-order chi connectivity index (χ1) is 8.70. The second-order valence-electron chi connectivity index (χ2n) is 4.42. The van der Waals surface area contributed by atoms with Gasteiger partial charge in [-0.15, -0.1) is 0 Å². The lowest BCUT2D eigenvalue weighted by molar-refractivity contribution is 0.490. The summed E-state index contributed by atoms with van der Waals surface area (Å²) >= 11 is 6.06. The molecule has 4 nitrogen and oxygen atoms in total. The van der Waals surface area contributed by atoms with Gasteiger partial charge in [-0.05, 0) is 25.0 Å². The number of hydrogen-bond acceptors (Lipinski definition) is 4. The normalized spacial score (nSPS) is 20.8. The standard InChI is InChI=1S/C13H19ClN4/c1-2-4-11(15)12-7-6-10-5-3-8-16-13(14)9-18(10)17-12/h5-7,9,11,16H,2-4,8,15H2,1H3. The fraction of sp³-hybridized carbons (Fsp3) is 0.462. The lowest BCUT2D eigenvalue weighted by atomic mass is 10.1. The Hall–Kier alpha value is -1.26. The minimum atomic E-state index is -0.0154. The summed E-state index contributed by atoms with van der Waals surface area (Å²) in [4.78, 5) is 0. The number of rotatable bonds is 3. The van der Waals surface area contributed by atoms with Crippen molar-refractivity contribution in [1.29, 1.82) is 0 Å². The zero-order chi connectivity index (χ0) is 13.0. The van der Waals surface area contributed by atoms with Gasteiger partial charge in [0, 0.05) is 12.6 Å². The maximum absolute atomic E-state index is 6.09. The number of hydrogen-bond donors (Lipinski definition) is 2. The number of hydrazone groups is 1. The van der Waals surface area contributed by atoms with Gasteiger partial charge in [0.1, 0.15) is 5.16 Å². The molecule has 0 aliphatic carbocycles. The second kappa shape index (κ2) is 6.07. The molecular formula is C13H19ClN4. The van der Waals surface area contributed by atoms with Crippen LogP contribution in [0.15, 0.2) is 40.4 Å². The van der Waals surface area contributed by atoms with Crippen molar-refractivity contribution in [3.63, 3.8) is 0 Å². The molecule has 0 aromatic rings. The molecule has 5 heteroatoms. The van der Waals surface area contributed by atoms with E-state index < -0.39 is 0 Å². The Morgan fingerprint density at radius 3 is 3.17 bits per heavy atom. The number of halogens is 1. The minimum Gasteiger partial charge on any atom is -0.374 e. The van der Waals surface area contributed by atoms with Crippen molar-refractivity contribution >= 4 is 17.3 Å². The fourth-order valence-electron chi connectivity index (χ4n) is 1.95. The summed E-state index contributed by atoms with van der Waals surface area (Å²) in [5.41, 5.74) is 8.03. The smallest absolute Gasteiger partial charge is 0.120 e. The molecule has 2 heterocycles. The van der Waals surface area contributed by atoms with Gasteiger partial charge in [-0.25, -0.2) is 5.01 Å². The molecule has 1 atom stereocenters. The van der Waals surface area contributed by atoms with Gasteiger partial charge in [0.25, 0.3) is 0 Å². The second-order valence-corrected chi connectivity index (χ2v) is 4.83. The molecule has 0 fully saturated rings. The Balaban J connectivity index is 2.21. The van der Waals surface area contributed by atoms with E-state index in [0.717, 1.165) is 37.2 Å². The summed E-state index contributed by atoms with van der Waals surface area (Å²) in [6.07, 6.45) is 10.9. The van der Waals surface area contributed by atoms with E-state index >= 15 is 0 Å². The number of allylic oxidation sites excluding steroid dienone is 1. The van der Waals surface area contributed by atoms with E-state index in [1.165, 1.54) is 0 Å². The van der Waals surface area contributed by atoms with Crippen LogP contribution in [0.5, 0.6) is 0 Å². The third kappa shape index (κ3) is 3.15. The third-order valence-electron chi connectivity index (χ3n) is 2.92. The lowest BCUT2D eigenvalue weighted by Crippen LogP contribution is -2.33. The van der Waals surface area contributed by atoms with E-state index in [0.29, 0.717) is 5.16 Å². The largest absolute Gasteiger partial charge is 0.374 e. The van der Waals surface area contributed by atoms with Crippen LogP contribution in [0.1, 0.15) is 26.2 Å². The van der Waals surface area contributed by atoms with Gasteiger partial charge in [0.05, 0.1) is 17.6 Å². The summed E-state index contributed by atoms with van der Waals surface area (Å²) in [5.74, 6) is 0. The van der Waals surface area contributed by atoms with Gasteiger partial charge in [0.15, 0.2) is 0 Å². The minimum absolute atomic E-state index is 0.0154. The van der Waals surface area contributed by atoms with E-state index in [1.807, 2.05) is 12.2 Å². The molecule has 1 unspecified atom stereocenters. The van der Waals surface area contributed by atoms with Gasteiger partial charge >= 0.3 is 0 Å². The maximum atomic E-state index is 6.09. The van der Waals surface area contributed by atoms with Crippen molar-refractivity contribution < 1.29 is 0 Å². The number of nitrogens with two attached hydrogens (primary N) is 1. The molecule has 0 aromatic carbocycles. The van der Waals surface area contributed by atoms with Crippen LogP contribution in [0.2, 0.25) is 0 Å². The molecule has 3 N–H and O–H groups in total. The summed E-state index contributed by atoms with van der Waals surface area (Å²) in [7, 11) is 0. The fourth-order valence-corrected chi connectivity index (χ4v) is 2.14. The number of fused-ring (bicyclic) bond motifs is 1. The highest BCUT2D eigenvalue weighted by Crippen LogP contribution is 2.19. The Kier molecular flexibility index (Phi) is 4.44. The number of nitrogens with one attached hydrogen (secondary N) is 1. The van der Waals surface area contributed by atoms with Gasteiger partial charge < -0.3 is 11.1 Å². The van der Waals surface area contributed by atoms with Crippen LogP contribution >= 0.6 is 11.6 Å².